The number of carboxylic acid groups (broad SMARTS) is 1. The molecule has 2 N–H and O–H groups in total. The van der Waals surface area contributed by atoms with Crippen molar-refractivity contribution in [1.82, 2.24) is 4.90 Å². The lowest BCUT2D eigenvalue weighted by Crippen LogP contribution is -2.39. The largest absolute Gasteiger partial charge is 0.479 e. The smallest absolute Gasteiger partial charge is 0.331 e. The molecule has 0 saturated carbocycles. The Labute approximate surface area is 258 Å². The monoisotopic (exact) mass is 591 g/mol. The van der Waals surface area contributed by atoms with Crippen molar-refractivity contribution < 1.29 is 19.1 Å². The highest BCUT2D eigenvalue weighted by atomic mass is 19.1. The summed E-state index contributed by atoms with van der Waals surface area (Å²) in [5, 5.41) is 13.5. The number of aryl methyl sites for hydroxylation is 2. The molecule has 0 aliphatic carbocycles. The molecule has 1 aliphatic heterocycles. The van der Waals surface area contributed by atoms with Crippen LogP contribution in [0.25, 0.3) is 0 Å². The maximum atomic E-state index is 14.6. The number of rotatable bonds is 10. The summed E-state index contributed by atoms with van der Waals surface area (Å²) in [5.41, 5.74) is 4.45. The second kappa shape index (κ2) is 13.3. The van der Waals surface area contributed by atoms with Crippen molar-refractivity contribution in [2.75, 3.05) is 11.9 Å². The minimum atomic E-state index is -1.68. The predicted molar refractivity (Wildman–Crippen MR) is 173 cm³/mol. The van der Waals surface area contributed by atoms with E-state index in [1.54, 1.807) is 18.2 Å². The van der Waals surface area contributed by atoms with E-state index in [1.807, 2.05) is 54.6 Å². The summed E-state index contributed by atoms with van der Waals surface area (Å²) in [7, 11) is 0. The van der Waals surface area contributed by atoms with Crippen molar-refractivity contribution >= 4 is 23.3 Å². The molecule has 6 nitrogen and oxygen atoms in total. The number of nitrogens with zero attached hydrogens (tertiary/aromatic N) is 2. The third-order valence-corrected chi connectivity index (χ3v) is 8.42. The average molecular weight is 592 g/mol. The van der Waals surface area contributed by atoms with Crippen LogP contribution in [-0.2, 0) is 22.6 Å². The van der Waals surface area contributed by atoms with Gasteiger partial charge in [0.1, 0.15) is 5.82 Å². The molecule has 0 unspecified atom stereocenters. The second-order valence-corrected chi connectivity index (χ2v) is 11.8. The first kappa shape index (κ1) is 30.8. The summed E-state index contributed by atoms with van der Waals surface area (Å²) in [6.45, 7) is 7.20. The van der Waals surface area contributed by atoms with E-state index in [2.05, 4.69) is 42.3 Å². The summed E-state index contributed by atoms with van der Waals surface area (Å²) >= 11 is 0. The molecule has 44 heavy (non-hydrogen) atoms. The van der Waals surface area contributed by atoms with Crippen molar-refractivity contribution in [3.63, 3.8) is 0 Å². The van der Waals surface area contributed by atoms with Crippen molar-refractivity contribution in [3.05, 3.63) is 136 Å². The summed E-state index contributed by atoms with van der Waals surface area (Å²) < 4.78 is 14.6. The molecule has 0 spiro atoms. The molecule has 0 bridgehead atoms. The summed E-state index contributed by atoms with van der Waals surface area (Å²) in [6, 6.07) is 28.8. The number of amides is 1. The zero-order valence-electron chi connectivity index (χ0n) is 25.4. The molecule has 1 amide bonds. The summed E-state index contributed by atoms with van der Waals surface area (Å²) in [4.78, 5) is 33.5. The molecule has 1 saturated heterocycles. The minimum absolute atomic E-state index is 0.112. The average Bonchev–Trinajstić information content (AvgIpc) is 3.48. The molecule has 4 aromatic rings. The number of carbonyl (C=O) groups is 2. The van der Waals surface area contributed by atoms with E-state index in [9.17, 15) is 19.1 Å². The van der Waals surface area contributed by atoms with Crippen LogP contribution < -0.4 is 5.32 Å². The fraction of sp³-hybridized carbons (Fsp3) is 0.270. The summed E-state index contributed by atoms with van der Waals surface area (Å²) in [6.07, 6.45) is 1.53. The van der Waals surface area contributed by atoms with Gasteiger partial charge in [-0.1, -0.05) is 84.9 Å². The fourth-order valence-electron chi connectivity index (χ4n) is 5.76. The van der Waals surface area contributed by atoms with Gasteiger partial charge in [0, 0.05) is 24.1 Å². The number of nitrogens with one attached hydrogen (secondary N) is 1. The van der Waals surface area contributed by atoms with Crippen LogP contribution in [0.2, 0.25) is 0 Å². The molecule has 226 valence electrons. The van der Waals surface area contributed by atoms with Gasteiger partial charge in [0.05, 0.1) is 17.4 Å². The zero-order chi connectivity index (χ0) is 31.3. The van der Waals surface area contributed by atoms with Crippen LogP contribution in [0.15, 0.2) is 102 Å². The SMILES string of the molecule is Cc1ccc(CN2CCC[C@H]2C(=O)Nc2ccccc2C(=N[C@@](C)(Cc2ccccc2F)C(=O)O)c2ccccc2)cc1C. The van der Waals surface area contributed by atoms with E-state index in [-0.39, 0.29) is 23.9 Å². The Hall–Kier alpha value is -4.62. The predicted octanol–water partition coefficient (Wildman–Crippen LogP) is 6.97. The standard InChI is InChI=1S/C37H38FN3O3/c1-25-19-20-27(22-26(25)2)24-41-21-11-18-33(41)35(42)39-32-17-10-8-15-30(32)34(28-12-5-4-6-13-28)40-37(3,36(43)44)23-29-14-7-9-16-31(29)38/h4-10,12-17,19-20,22,33H,11,18,21,23-24H2,1-3H3,(H,39,42)(H,43,44)/t33-,37-/m0/s1. The Bertz CT molecular complexity index is 1690. The number of benzene rings is 4. The Balaban J connectivity index is 1.48. The number of hydrogen-bond acceptors (Lipinski definition) is 4. The summed E-state index contributed by atoms with van der Waals surface area (Å²) in [5.74, 6) is -1.77. The molecule has 1 fully saturated rings. The zero-order valence-corrected chi connectivity index (χ0v) is 25.4. The highest BCUT2D eigenvalue weighted by Gasteiger charge is 2.36. The Morgan fingerprint density at radius 2 is 1.66 bits per heavy atom. The number of hydrogen-bond donors (Lipinski definition) is 2. The molecule has 0 aromatic heterocycles. The van der Waals surface area contributed by atoms with Crippen LogP contribution >= 0.6 is 0 Å². The van der Waals surface area contributed by atoms with E-state index in [4.69, 9.17) is 4.99 Å². The third-order valence-electron chi connectivity index (χ3n) is 8.42. The number of carbonyl (C=O) groups excluding carboxylic acids is 1. The maximum Gasteiger partial charge on any atom is 0.331 e. The minimum Gasteiger partial charge on any atom is -0.479 e. The number of halogens is 1. The van der Waals surface area contributed by atoms with Crippen LogP contribution in [0.1, 0.15) is 53.1 Å². The normalized spacial score (nSPS) is 16.8. The van der Waals surface area contributed by atoms with Crippen LogP contribution in [0, 0.1) is 19.7 Å². The van der Waals surface area contributed by atoms with Crippen LogP contribution in [0.5, 0.6) is 0 Å². The first-order chi connectivity index (χ1) is 21.1. The Morgan fingerprint density at radius 1 is 0.955 bits per heavy atom. The molecule has 1 heterocycles. The van der Waals surface area contributed by atoms with Gasteiger partial charge in [0.25, 0.3) is 0 Å². The maximum absolute atomic E-state index is 14.6. The number of aliphatic imine (C=N–C) groups is 1. The number of aliphatic carboxylic acids is 1. The highest BCUT2D eigenvalue weighted by molar-refractivity contribution is 6.18. The molecule has 0 radical (unpaired) electrons. The van der Waals surface area contributed by atoms with Gasteiger partial charge in [0.2, 0.25) is 5.91 Å². The third kappa shape index (κ3) is 6.95. The number of likely N-dealkylation sites (tertiary alicyclic amines) is 1. The van der Waals surface area contributed by atoms with Crippen molar-refractivity contribution in [3.8, 4) is 0 Å². The number of para-hydroxylation sites is 1. The van der Waals surface area contributed by atoms with Crippen LogP contribution in [0.4, 0.5) is 10.1 Å². The lowest BCUT2D eigenvalue weighted by atomic mass is 9.91. The van der Waals surface area contributed by atoms with Gasteiger partial charge in [0.15, 0.2) is 5.54 Å². The topological polar surface area (TPSA) is 82.0 Å². The molecule has 5 rings (SSSR count). The molecule has 4 aromatic carbocycles. The lowest BCUT2D eigenvalue weighted by Gasteiger charge is -2.26. The van der Waals surface area contributed by atoms with Gasteiger partial charge in [-0.25, -0.2) is 9.18 Å². The fourth-order valence-corrected chi connectivity index (χ4v) is 5.76. The van der Waals surface area contributed by atoms with Gasteiger partial charge >= 0.3 is 5.97 Å². The molecule has 2 atom stereocenters. The van der Waals surface area contributed by atoms with Crippen molar-refractivity contribution in [1.29, 1.82) is 0 Å². The van der Waals surface area contributed by atoms with E-state index in [0.29, 0.717) is 29.1 Å². The van der Waals surface area contributed by atoms with E-state index >= 15 is 0 Å². The first-order valence-electron chi connectivity index (χ1n) is 15.0. The van der Waals surface area contributed by atoms with Crippen LogP contribution in [0.3, 0.4) is 0 Å². The van der Waals surface area contributed by atoms with Gasteiger partial charge in [-0.05, 0) is 74.5 Å². The lowest BCUT2D eigenvalue weighted by molar-refractivity contribution is -0.142. The molecule has 1 aliphatic rings. The number of carboxylic acids is 1. The van der Waals surface area contributed by atoms with E-state index in [1.165, 1.54) is 29.7 Å². The van der Waals surface area contributed by atoms with Crippen molar-refractivity contribution in [2.24, 2.45) is 4.99 Å². The first-order valence-corrected chi connectivity index (χ1v) is 15.0. The molecule has 7 heteroatoms. The Morgan fingerprint density at radius 3 is 2.39 bits per heavy atom. The molecular formula is C37H38FN3O3. The quantitative estimate of drug-likeness (QED) is 0.195. The second-order valence-electron chi connectivity index (χ2n) is 11.8. The van der Waals surface area contributed by atoms with E-state index < -0.39 is 17.3 Å². The Kier molecular flexibility index (Phi) is 9.35. The van der Waals surface area contributed by atoms with E-state index in [0.717, 1.165) is 19.4 Å². The van der Waals surface area contributed by atoms with Gasteiger partial charge in [-0.2, -0.15) is 0 Å². The van der Waals surface area contributed by atoms with Gasteiger partial charge < -0.3 is 10.4 Å². The van der Waals surface area contributed by atoms with Crippen LogP contribution in [-0.4, -0.2) is 45.7 Å². The van der Waals surface area contributed by atoms with Crippen molar-refractivity contribution in [2.45, 2.75) is 58.2 Å². The van der Waals surface area contributed by atoms with Gasteiger partial charge in [-0.3, -0.25) is 14.7 Å². The highest BCUT2D eigenvalue weighted by Crippen LogP contribution is 2.28. The van der Waals surface area contributed by atoms with Gasteiger partial charge in [-0.15, -0.1) is 0 Å². The molecular weight excluding hydrogens is 553 g/mol. The number of anilines is 1.